The van der Waals surface area contributed by atoms with Crippen molar-refractivity contribution in [2.75, 3.05) is 41.4 Å². The van der Waals surface area contributed by atoms with Crippen LogP contribution >= 0.6 is 0 Å². The molecule has 6 rings (SSSR count). The van der Waals surface area contributed by atoms with Crippen LogP contribution in [-0.2, 0) is 9.84 Å². The summed E-state index contributed by atoms with van der Waals surface area (Å²) in [5, 5.41) is 4.94. The molecule has 0 saturated carbocycles. The second-order valence-electron chi connectivity index (χ2n) is 10.1. The molecule has 2 atom stereocenters. The summed E-state index contributed by atoms with van der Waals surface area (Å²) >= 11 is 0. The molecule has 5 heterocycles. The summed E-state index contributed by atoms with van der Waals surface area (Å²) in [5.74, 6) is 1.74. The van der Waals surface area contributed by atoms with Gasteiger partial charge in [0.2, 0.25) is 0 Å². The third-order valence-electron chi connectivity index (χ3n) is 7.27. The summed E-state index contributed by atoms with van der Waals surface area (Å²) in [6.07, 6.45) is 5.87. The van der Waals surface area contributed by atoms with E-state index in [0.29, 0.717) is 6.54 Å². The van der Waals surface area contributed by atoms with Crippen molar-refractivity contribution < 1.29 is 12.8 Å². The van der Waals surface area contributed by atoms with Crippen LogP contribution < -0.4 is 9.80 Å². The molecule has 3 aromatic heterocycles. The Kier molecular flexibility index (Phi) is 6.06. The lowest BCUT2D eigenvalue weighted by molar-refractivity contribution is 0.577. The second-order valence-corrected chi connectivity index (χ2v) is 12.3. The molecular formula is C27H29FN6O2S. The summed E-state index contributed by atoms with van der Waals surface area (Å²) in [6, 6.07) is 16.7. The number of imidazole rings is 1. The number of aromatic nitrogens is 4. The lowest BCUT2D eigenvalue weighted by Crippen LogP contribution is -2.24. The highest BCUT2D eigenvalue weighted by molar-refractivity contribution is 7.90. The quantitative estimate of drug-likeness (QED) is 0.378. The van der Waals surface area contributed by atoms with Gasteiger partial charge in [-0.3, -0.25) is 0 Å². The summed E-state index contributed by atoms with van der Waals surface area (Å²) < 4.78 is 39.2. The molecule has 2 fully saturated rings. The standard InChI is InChI=1S/C27H29FN6O2S/c1-37(35,36)18-19-12-14-32(17-19)26-9-3-7-22(30-26)24-16-29-25-10-11-27(31-34(24)25)33-13-4-8-23(33)20-5-2-6-21(28)15-20/h2-3,5-7,9-11,15-16,19,23H,4,8,12-14,17-18H2,1H3/t19-,23?/m1/s1. The molecule has 2 aliphatic heterocycles. The van der Waals surface area contributed by atoms with Crippen molar-refractivity contribution in [2.24, 2.45) is 5.92 Å². The number of fused-ring (bicyclic) bond motifs is 1. The average molecular weight is 521 g/mol. The minimum atomic E-state index is -3.01. The zero-order valence-electron chi connectivity index (χ0n) is 20.7. The summed E-state index contributed by atoms with van der Waals surface area (Å²) in [4.78, 5) is 13.8. The van der Waals surface area contributed by atoms with E-state index in [4.69, 9.17) is 10.1 Å². The number of sulfone groups is 1. The first-order chi connectivity index (χ1) is 17.8. The number of rotatable bonds is 6. The number of nitrogens with zero attached hydrogens (tertiary/aromatic N) is 6. The average Bonchev–Trinajstić information content (AvgIpc) is 3.62. The Balaban J connectivity index is 1.29. The Hall–Kier alpha value is -3.53. The molecule has 4 aromatic rings. The van der Waals surface area contributed by atoms with Gasteiger partial charge in [-0.2, -0.15) is 0 Å². The van der Waals surface area contributed by atoms with E-state index in [1.807, 2.05) is 40.9 Å². The van der Waals surface area contributed by atoms with Crippen molar-refractivity contribution in [1.82, 2.24) is 19.6 Å². The van der Waals surface area contributed by atoms with Crippen molar-refractivity contribution in [1.29, 1.82) is 0 Å². The van der Waals surface area contributed by atoms with Gasteiger partial charge in [0.05, 0.1) is 23.7 Å². The van der Waals surface area contributed by atoms with Gasteiger partial charge in [0, 0.05) is 25.9 Å². The zero-order chi connectivity index (χ0) is 25.6. The van der Waals surface area contributed by atoms with E-state index in [9.17, 15) is 12.8 Å². The van der Waals surface area contributed by atoms with Crippen molar-refractivity contribution in [3.05, 3.63) is 72.2 Å². The van der Waals surface area contributed by atoms with Crippen molar-refractivity contribution in [3.63, 3.8) is 0 Å². The van der Waals surface area contributed by atoms with E-state index >= 15 is 0 Å². The molecule has 1 aromatic carbocycles. The van der Waals surface area contributed by atoms with Crippen molar-refractivity contribution in [3.8, 4) is 11.4 Å². The molecule has 8 nitrogen and oxygen atoms in total. The Morgan fingerprint density at radius 1 is 1.03 bits per heavy atom. The van der Waals surface area contributed by atoms with Gasteiger partial charge in [-0.25, -0.2) is 27.3 Å². The fourth-order valence-corrected chi connectivity index (χ4v) is 6.77. The second kappa shape index (κ2) is 9.41. The van der Waals surface area contributed by atoms with Crippen LogP contribution in [0.4, 0.5) is 16.0 Å². The largest absolute Gasteiger partial charge is 0.356 e. The molecule has 0 N–H and O–H groups in total. The predicted octanol–water partition coefficient (Wildman–Crippen LogP) is 4.14. The Labute approximate surface area is 215 Å². The number of hydrogen-bond donors (Lipinski definition) is 0. The SMILES string of the molecule is CS(=O)(=O)C[C@@H]1CCN(c2cccc(-c3cnc4ccc(N5CCCC5c5cccc(F)c5)nn34)n2)C1. The van der Waals surface area contributed by atoms with Crippen molar-refractivity contribution >= 4 is 27.1 Å². The molecule has 0 spiro atoms. The molecule has 1 unspecified atom stereocenters. The van der Waals surface area contributed by atoms with Gasteiger partial charge >= 0.3 is 0 Å². The van der Waals surface area contributed by atoms with E-state index < -0.39 is 9.84 Å². The van der Waals surface area contributed by atoms with Crippen LogP contribution in [0.3, 0.4) is 0 Å². The number of benzene rings is 1. The highest BCUT2D eigenvalue weighted by atomic mass is 32.2. The number of anilines is 2. The van der Waals surface area contributed by atoms with Crippen LogP contribution in [0.15, 0.2) is 60.8 Å². The summed E-state index contributed by atoms with van der Waals surface area (Å²) in [5.41, 5.74) is 3.22. The molecule has 0 bridgehead atoms. The molecular weight excluding hydrogens is 491 g/mol. The van der Waals surface area contributed by atoms with Crippen molar-refractivity contribution in [2.45, 2.75) is 25.3 Å². The Morgan fingerprint density at radius 2 is 1.89 bits per heavy atom. The molecule has 0 radical (unpaired) electrons. The van der Waals surface area contributed by atoms with Crippen LogP contribution in [-0.4, -0.2) is 59.6 Å². The van der Waals surface area contributed by atoms with Gasteiger partial charge in [-0.05, 0) is 67.1 Å². The highest BCUT2D eigenvalue weighted by Gasteiger charge is 2.29. The lowest BCUT2D eigenvalue weighted by Gasteiger charge is -2.26. The van der Waals surface area contributed by atoms with Crippen LogP contribution in [0.1, 0.15) is 30.9 Å². The van der Waals surface area contributed by atoms with Crippen LogP contribution in [0.2, 0.25) is 0 Å². The van der Waals surface area contributed by atoms with Gasteiger partial charge < -0.3 is 9.80 Å². The first-order valence-electron chi connectivity index (χ1n) is 12.6. The Bertz CT molecular complexity index is 1560. The van der Waals surface area contributed by atoms with Gasteiger partial charge in [-0.1, -0.05) is 18.2 Å². The van der Waals surface area contributed by atoms with E-state index in [1.165, 1.54) is 12.3 Å². The molecule has 2 aliphatic rings. The zero-order valence-corrected chi connectivity index (χ0v) is 21.5. The fraction of sp³-hybridized carbons (Fsp3) is 0.370. The first-order valence-corrected chi connectivity index (χ1v) is 14.7. The molecule has 192 valence electrons. The molecule has 0 amide bonds. The minimum absolute atomic E-state index is 0.0733. The maximum atomic E-state index is 13.9. The van der Waals surface area contributed by atoms with E-state index in [2.05, 4.69) is 14.8 Å². The third-order valence-corrected chi connectivity index (χ3v) is 8.35. The van der Waals surface area contributed by atoms with Crippen LogP contribution in [0.25, 0.3) is 17.0 Å². The van der Waals surface area contributed by atoms with E-state index in [1.54, 1.807) is 18.3 Å². The molecule has 0 aliphatic carbocycles. The molecule has 10 heteroatoms. The number of halogens is 1. The molecule has 2 saturated heterocycles. The molecule has 37 heavy (non-hydrogen) atoms. The third kappa shape index (κ3) is 4.90. The summed E-state index contributed by atoms with van der Waals surface area (Å²) in [7, 11) is -3.01. The number of hydrogen-bond acceptors (Lipinski definition) is 7. The van der Waals surface area contributed by atoms with Gasteiger partial charge in [0.15, 0.2) is 5.65 Å². The van der Waals surface area contributed by atoms with Gasteiger partial charge in [0.25, 0.3) is 0 Å². The van der Waals surface area contributed by atoms with E-state index in [-0.39, 0.29) is 23.5 Å². The lowest BCUT2D eigenvalue weighted by atomic mass is 10.0. The Morgan fingerprint density at radius 3 is 2.73 bits per heavy atom. The first kappa shape index (κ1) is 23.8. The fourth-order valence-electron chi connectivity index (χ4n) is 5.64. The maximum absolute atomic E-state index is 13.9. The van der Waals surface area contributed by atoms with E-state index in [0.717, 1.165) is 66.6 Å². The smallest absolute Gasteiger partial charge is 0.154 e. The monoisotopic (exact) mass is 520 g/mol. The predicted molar refractivity (Wildman–Crippen MR) is 142 cm³/mol. The maximum Gasteiger partial charge on any atom is 0.154 e. The summed E-state index contributed by atoms with van der Waals surface area (Å²) in [6.45, 7) is 2.30. The highest BCUT2D eigenvalue weighted by Crippen LogP contribution is 2.36. The van der Waals surface area contributed by atoms with Crippen LogP contribution in [0, 0.1) is 11.7 Å². The normalized spacial score (nSPS) is 20.3. The topological polar surface area (TPSA) is 83.7 Å². The van der Waals surface area contributed by atoms with Crippen LogP contribution in [0.5, 0.6) is 0 Å². The van der Waals surface area contributed by atoms with Gasteiger partial charge in [0.1, 0.15) is 33.0 Å². The number of pyridine rings is 1. The minimum Gasteiger partial charge on any atom is -0.356 e. The van der Waals surface area contributed by atoms with Gasteiger partial charge in [-0.15, -0.1) is 5.10 Å².